The molecule has 0 aliphatic carbocycles. The highest BCUT2D eigenvalue weighted by Crippen LogP contribution is 2.17. The summed E-state index contributed by atoms with van der Waals surface area (Å²) >= 11 is 0. The first-order valence-corrected chi connectivity index (χ1v) is 7.94. The molecule has 0 atom stereocenters. The molecule has 102 valence electrons. The van der Waals surface area contributed by atoms with Crippen molar-refractivity contribution in [1.29, 1.82) is 0 Å². The Bertz CT molecular complexity index is 514. The third-order valence-corrected chi connectivity index (χ3v) is 3.41. The Morgan fingerprint density at radius 2 is 2.00 bits per heavy atom. The topological polar surface area (TPSA) is 98.0 Å². The van der Waals surface area contributed by atoms with E-state index in [2.05, 4.69) is 15.3 Å². The van der Waals surface area contributed by atoms with Crippen molar-refractivity contribution >= 4 is 21.5 Å². The van der Waals surface area contributed by atoms with E-state index in [0.717, 1.165) is 18.4 Å². The Hall–Kier alpha value is -1.37. The van der Waals surface area contributed by atoms with E-state index in [0.29, 0.717) is 24.0 Å². The molecule has 0 aliphatic heterocycles. The molecule has 0 fully saturated rings. The Morgan fingerprint density at radius 1 is 1.33 bits per heavy atom. The molecule has 0 aliphatic rings. The van der Waals surface area contributed by atoms with E-state index >= 15 is 0 Å². The van der Waals surface area contributed by atoms with E-state index in [-0.39, 0.29) is 5.75 Å². The maximum absolute atomic E-state index is 11.0. The molecule has 7 heteroatoms. The quantitative estimate of drug-likeness (QED) is 0.794. The molecule has 1 rings (SSSR count). The lowest BCUT2D eigenvalue weighted by Crippen LogP contribution is -2.17. The molecule has 0 spiro atoms. The van der Waals surface area contributed by atoms with E-state index in [4.69, 9.17) is 5.73 Å². The number of nitrogens with one attached hydrogen (secondary N) is 1. The second kappa shape index (κ2) is 5.99. The van der Waals surface area contributed by atoms with Gasteiger partial charge in [-0.1, -0.05) is 6.92 Å². The van der Waals surface area contributed by atoms with Gasteiger partial charge in [0.15, 0.2) is 0 Å². The Labute approximate surface area is 108 Å². The molecule has 1 aromatic rings. The molecule has 18 heavy (non-hydrogen) atoms. The fourth-order valence-electron chi connectivity index (χ4n) is 1.44. The number of nitrogen functional groups attached to an aromatic ring is 1. The molecule has 0 aromatic carbocycles. The van der Waals surface area contributed by atoms with Crippen molar-refractivity contribution in [2.45, 2.75) is 26.7 Å². The van der Waals surface area contributed by atoms with Gasteiger partial charge in [0.2, 0.25) is 0 Å². The zero-order chi connectivity index (χ0) is 13.8. The first kappa shape index (κ1) is 14.7. The molecular formula is C11H20N4O2S. The van der Waals surface area contributed by atoms with E-state index < -0.39 is 9.84 Å². The van der Waals surface area contributed by atoms with Crippen LogP contribution in [0.3, 0.4) is 0 Å². The minimum absolute atomic E-state index is 0.0689. The van der Waals surface area contributed by atoms with Crippen molar-refractivity contribution in [1.82, 2.24) is 9.97 Å². The average Bonchev–Trinajstić information content (AvgIpc) is 2.23. The van der Waals surface area contributed by atoms with Gasteiger partial charge in [-0.3, -0.25) is 0 Å². The van der Waals surface area contributed by atoms with Crippen LogP contribution in [0.15, 0.2) is 0 Å². The SMILES string of the molecule is CCCc1nc(N)c(C)c(NCCS(C)(=O)=O)n1. The summed E-state index contributed by atoms with van der Waals surface area (Å²) in [7, 11) is -2.97. The number of sulfone groups is 1. The number of rotatable bonds is 6. The Balaban J connectivity index is 2.80. The number of nitrogens with zero attached hydrogens (tertiary/aromatic N) is 2. The fourth-order valence-corrected chi connectivity index (χ4v) is 1.92. The second-order valence-corrected chi connectivity index (χ2v) is 6.57. The summed E-state index contributed by atoms with van der Waals surface area (Å²) in [5.74, 6) is 1.81. The number of hydrogen-bond donors (Lipinski definition) is 2. The first-order chi connectivity index (χ1) is 8.33. The van der Waals surface area contributed by atoms with Crippen LogP contribution in [-0.2, 0) is 16.3 Å². The Kier molecular flexibility index (Phi) is 4.89. The van der Waals surface area contributed by atoms with Crippen LogP contribution >= 0.6 is 0 Å². The van der Waals surface area contributed by atoms with E-state index in [1.165, 1.54) is 6.26 Å². The van der Waals surface area contributed by atoms with Crippen LogP contribution < -0.4 is 11.1 Å². The zero-order valence-corrected chi connectivity index (χ0v) is 11.8. The molecule has 0 unspecified atom stereocenters. The average molecular weight is 272 g/mol. The number of aryl methyl sites for hydroxylation is 1. The minimum Gasteiger partial charge on any atom is -0.383 e. The van der Waals surface area contributed by atoms with Gasteiger partial charge in [-0.15, -0.1) is 0 Å². The number of hydrogen-bond acceptors (Lipinski definition) is 6. The molecule has 3 N–H and O–H groups in total. The lowest BCUT2D eigenvalue weighted by molar-refractivity contribution is 0.602. The molecule has 0 amide bonds. The van der Waals surface area contributed by atoms with Crippen molar-refractivity contribution < 1.29 is 8.42 Å². The number of nitrogens with two attached hydrogens (primary N) is 1. The standard InChI is InChI=1S/C11H20N4O2S/c1-4-5-9-14-10(12)8(2)11(15-9)13-6-7-18(3,16)17/h4-7H2,1-3H3,(H3,12,13,14,15). The zero-order valence-electron chi connectivity index (χ0n) is 11.0. The van der Waals surface area contributed by atoms with Gasteiger partial charge in [0, 0.05) is 24.8 Å². The van der Waals surface area contributed by atoms with Gasteiger partial charge in [-0.25, -0.2) is 18.4 Å². The molecule has 6 nitrogen and oxygen atoms in total. The molecule has 0 saturated carbocycles. The summed E-state index contributed by atoms with van der Waals surface area (Å²) in [6, 6.07) is 0. The van der Waals surface area contributed by atoms with Crippen molar-refractivity contribution in [3.05, 3.63) is 11.4 Å². The maximum Gasteiger partial charge on any atom is 0.149 e. The Morgan fingerprint density at radius 3 is 2.56 bits per heavy atom. The molecule has 0 bridgehead atoms. The molecule has 0 saturated heterocycles. The van der Waals surface area contributed by atoms with Crippen LogP contribution in [0.2, 0.25) is 0 Å². The fraction of sp³-hybridized carbons (Fsp3) is 0.636. The first-order valence-electron chi connectivity index (χ1n) is 5.88. The third-order valence-electron chi connectivity index (χ3n) is 2.47. The van der Waals surface area contributed by atoms with Crippen LogP contribution in [0, 0.1) is 6.92 Å². The van der Waals surface area contributed by atoms with Crippen molar-refractivity contribution in [2.75, 3.05) is 29.6 Å². The molecular weight excluding hydrogens is 252 g/mol. The summed E-state index contributed by atoms with van der Waals surface area (Å²) in [5.41, 5.74) is 6.55. The lowest BCUT2D eigenvalue weighted by Gasteiger charge is -2.11. The second-order valence-electron chi connectivity index (χ2n) is 4.31. The van der Waals surface area contributed by atoms with Gasteiger partial charge >= 0.3 is 0 Å². The molecule has 0 radical (unpaired) electrons. The molecule has 1 aromatic heterocycles. The van der Waals surface area contributed by atoms with Gasteiger partial charge < -0.3 is 11.1 Å². The predicted molar refractivity (Wildman–Crippen MR) is 73.4 cm³/mol. The van der Waals surface area contributed by atoms with E-state index in [9.17, 15) is 8.42 Å². The van der Waals surface area contributed by atoms with Crippen LogP contribution in [0.4, 0.5) is 11.6 Å². The minimum atomic E-state index is -2.97. The van der Waals surface area contributed by atoms with Crippen molar-refractivity contribution in [2.24, 2.45) is 0 Å². The van der Waals surface area contributed by atoms with E-state index in [1.807, 2.05) is 13.8 Å². The maximum atomic E-state index is 11.0. The monoisotopic (exact) mass is 272 g/mol. The smallest absolute Gasteiger partial charge is 0.149 e. The van der Waals surface area contributed by atoms with Crippen molar-refractivity contribution in [3.63, 3.8) is 0 Å². The summed E-state index contributed by atoms with van der Waals surface area (Å²) in [6.45, 7) is 4.17. The van der Waals surface area contributed by atoms with E-state index in [1.54, 1.807) is 0 Å². The highest BCUT2D eigenvalue weighted by molar-refractivity contribution is 7.90. The number of anilines is 2. The van der Waals surface area contributed by atoms with Gasteiger partial charge in [0.1, 0.15) is 27.3 Å². The van der Waals surface area contributed by atoms with Crippen LogP contribution in [-0.4, -0.2) is 36.9 Å². The third kappa shape index (κ3) is 4.48. The van der Waals surface area contributed by atoms with Gasteiger partial charge in [0.25, 0.3) is 0 Å². The summed E-state index contributed by atoms with van der Waals surface area (Å²) in [5, 5.41) is 3.00. The van der Waals surface area contributed by atoms with Crippen LogP contribution in [0.5, 0.6) is 0 Å². The summed E-state index contributed by atoms with van der Waals surface area (Å²) in [6.07, 6.45) is 2.90. The van der Waals surface area contributed by atoms with Crippen LogP contribution in [0.1, 0.15) is 24.7 Å². The van der Waals surface area contributed by atoms with Gasteiger partial charge in [0.05, 0.1) is 5.75 Å². The van der Waals surface area contributed by atoms with Gasteiger partial charge in [-0.05, 0) is 13.3 Å². The number of aromatic nitrogens is 2. The van der Waals surface area contributed by atoms with Crippen molar-refractivity contribution in [3.8, 4) is 0 Å². The van der Waals surface area contributed by atoms with Gasteiger partial charge in [-0.2, -0.15) is 0 Å². The normalized spacial score (nSPS) is 11.5. The lowest BCUT2D eigenvalue weighted by atomic mass is 10.2. The van der Waals surface area contributed by atoms with Crippen LogP contribution in [0.25, 0.3) is 0 Å². The highest BCUT2D eigenvalue weighted by Gasteiger charge is 2.09. The molecule has 1 heterocycles. The summed E-state index contributed by atoms with van der Waals surface area (Å²) < 4.78 is 22.1. The largest absolute Gasteiger partial charge is 0.383 e. The predicted octanol–water partition coefficient (Wildman–Crippen LogP) is 0.776. The summed E-state index contributed by atoms with van der Waals surface area (Å²) in [4.78, 5) is 8.53. The highest BCUT2D eigenvalue weighted by atomic mass is 32.2.